The molecule has 1 N–H and O–H groups in total. The van der Waals surface area contributed by atoms with Crippen LogP contribution >= 0.6 is 11.3 Å². The Kier molecular flexibility index (Phi) is 7.58. The van der Waals surface area contributed by atoms with Crippen molar-refractivity contribution in [1.82, 2.24) is 19.2 Å². The first-order valence-electron chi connectivity index (χ1n) is 13.9. The molecule has 2 aromatic heterocycles. The lowest BCUT2D eigenvalue weighted by Crippen LogP contribution is -2.41. The minimum absolute atomic E-state index is 0.0484. The Balaban J connectivity index is 1.33. The maximum absolute atomic E-state index is 13.9. The van der Waals surface area contributed by atoms with Crippen molar-refractivity contribution in [1.29, 1.82) is 0 Å². The smallest absolute Gasteiger partial charge is 0.328 e. The minimum atomic E-state index is -3.80. The van der Waals surface area contributed by atoms with Crippen LogP contribution in [0.4, 0.5) is 15.6 Å². The number of anilines is 2. The predicted molar refractivity (Wildman–Crippen MR) is 159 cm³/mol. The van der Waals surface area contributed by atoms with Crippen LogP contribution in [0.25, 0.3) is 10.3 Å². The molecule has 1 aliphatic carbocycles. The van der Waals surface area contributed by atoms with Crippen LogP contribution in [0.3, 0.4) is 0 Å². The van der Waals surface area contributed by atoms with Crippen LogP contribution < -0.4 is 15.0 Å². The van der Waals surface area contributed by atoms with Gasteiger partial charge in [0.25, 0.3) is 0 Å². The van der Waals surface area contributed by atoms with E-state index in [-0.39, 0.29) is 23.4 Å². The van der Waals surface area contributed by atoms with Gasteiger partial charge >= 0.3 is 6.03 Å². The molecule has 1 unspecified atom stereocenters. The Labute approximate surface area is 248 Å². The summed E-state index contributed by atoms with van der Waals surface area (Å²) in [5.74, 6) is 0.779. The molecule has 3 aliphatic rings. The third kappa shape index (κ3) is 5.32. The number of fused-ring (bicyclic) bond motifs is 3. The molecule has 1 aromatic carbocycles. The number of urea groups is 1. The zero-order chi connectivity index (χ0) is 29.6. The van der Waals surface area contributed by atoms with Crippen LogP contribution in [0.1, 0.15) is 31.7 Å². The van der Waals surface area contributed by atoms with E-state index in [1.165, 1.54) is 29.7 Å². The lowest BCUT2D eigenvalue weighted by atomic mass is 9.81. The van der Waals surface area contributed by atoms with Crippen molar-refractivity contribution in [3.8, 4) is 5.88 Å². The van der Waals surface area contributed by atoms with Crippen molar-refractivity contribution >= 4 is 54.5 Å². The topological polar surface area (TPSA) is 134 Å². The maximum Gasteiger partial charge on any atom is 0.328 e. The molecule has 12 nitrogen and oxygen atoms in total. The van der Waals surface area contributed by atoms with Gasteiger partial charge < -0.3 is 14.4 Å². The number of nitrogens with zero attached hydrogens (tertiary/aromatic N) is 5. The molecule has 2 fully saturated rings. The first-order valence-corrected chi connectivity index (χ1v) is 16.2. The van der Waals surface area contributed by atoms with E-state index in [1.807, 2.05) is 0 Å². The second kappa shape index (κ2) is 11.1. The zero-order valence-electron chi connectivity index (χ0n) is 23.8. The molecule has 3 amide bonds. The van der Waals surface area contributed by atoms with E-state index in [9.17, 15) is 18.0 Å². The van der Waals surface area contributed by atoms with Gasteiger partial charge in [0.2, 0.25) is 21.8 Å². The van der Waals surface area contributed by atoms with E-state index in [2.05, 4.69) is 15.3 Å². The van der Waals surface area contributed by atoms with Crippen LogP contribution in [-0.4, -0.2) is 93.1 Å². The molecule has 4 heterocycles. The number of hydrogen-bond acceptors (Lipinski definition) is 9. The van der Waals surface area contributed by atoms with Crippen molar-refractivity contribution < 1.29 is 27.5 Å². The number of carbonyl (C=O) groups is 2. The molecule has 14 heteroatoms. The van der Waals surface area contributed by atoms with Crippen LogP contribution in [0.15, 0.2) is 35.2 Å². The molecule has 3 aromatic rings. The van der Waals surface area contributed by atoms with Crippen molar-refractivity contribution in [2.24, 2.45) is 5.92 Å². The fraction of sp³-hybridized carbons (Fsp3) is 0.500. The number of aromatic nitrogens is 2. The third-order valence-electron chi connectivity index (χ3n) is 8.33. The molecule has 224 valence electrons. The van der Waals surface area contributed by atoms with Gasteiger partial charge in [0, 0.05) is 63.9 Å². The fourth-order valence-corrected chi connectivity index (χ4v) is 8.19. The lowest BCUT2D eigenvalue weighted by molar-refractivity contribution is -0.127. The number of pyridine rings is 1. The largest absolute Gasteiger partial charge is 0.481 e. The Hall–Kier alpha value is -3.33. The molecule has 0 radical (unpaired) electrons. The van der Waals surface area contributed by atoms with E-state index >= 15 is 0 Å². The Morgan fingerprint density at radius 2 is 1.98 bits per heavy atom. The number of amides is 3. The van der Waals surface area contributed by atoms with Gasteiger partial charge in [-0.3, -0.25) is 15.0 Å². The maximum atomic E-state index is 13.9. The molecule has 0 bridgehead atoms. The SMILES string of the molecule is COCCN(CC1CC1)S(=O)(=O)c1ccc2c(c1)C1(CCN(C(C)=O)C1)CN2C(=O)Nc1nc2ccc(OC)nc2s1. The summed E-state index contributed by atoms with van der Waals surface area (Å²) in [6, 6.07) is 8.11. The van der Waals surface area contributed by atoms with Gasteiger partial charge in [-0.05, 0) is 55.0 Å². The highest BCUT2D eigenvalue weighted by Gasteiger charge is 2.50. The van der Waals surface area contributed by atoms with Crippen LogP contribution in [-0.2, 0) is 25.0 Å². The Morgan fingerprint density at radius 1 is 1.17 bits per heavy atom. The normalized spacial score (nSPS) is 20.1. The molecule has 6 rings (SSSR count). The zero-order valence-corrected chi connectivity index (χ0v) is 25.5. The summed E-state index contributed by atoms with van der Waals surface area (Å²) in [4.78, 5) is 39.1. The van der Waals surface area contributed by atoms with Crippen molar-refractivity contribution in [3.05, 3.63) is 35.9 Å². The van der Waals surface area contributed by atoms with E-state index in [0.717, 1.165) is 18.4 Å². The summed E-state index contributed by atoms with van der Waals surface area (Å²) >= 11 is 1.24. The fourth-order valence-electron chi connectivity index (χ4n) is 5.85. The van der Waals surface area contributed by atoms with Crippen LogP contribution in [0.2, 0.25) is 0 Å². The number of benzene rings is 1. The first kappa shape index (κ1) is 28.8. The predicted octanol–water partition coefficient (Wildman–Crippen LogP) is 3.29. The number of likely N-dealkylation sites (tertiary alicyclic amines) is 1. The number of methoxy groups -OCH3 is 2. The van der Waals surface area contributed by atoms with Gasteiger partial charge in [-0.15, -0.1) is 0 Å². The average molecular weight is 615 g/mol. The van der Waals surface area contributed by atoms with Crippen LogP contribution in [0.5, 0.6) is 5.88 Å². The quantitative estimate of drug-likeness (QED) is 0.388. The van der Waals surface area contributed by atoms with Gasteiger partial charge in [-0.25, -0.2) is 23.2 Å². The van der Waals surface area contributed by atoms with E-state index in [4.69, 9.17) is 9.47 Å². The molecular weight excluding hydrogens is 580 g/mol. The summed E-state index contributed by atoms with van der Waals surface area (Å²) in [6.45, 7) is 3.82. The number of nitrogens with one attached hydrogen (secondary N) is 1. The second-order valence-electron chi connectivity index (χ2n) is 11.2. The molecule has 1 atom stereocenters. The summed E-state index contributed by atoms with van der Waals surface area (Å²) < 4.78 is 39.6. The number of sulfonamides is 1. The van der Waals surface area contributed by atoms with Gasteiger partial charge in [0.15, 0.2) is 5.13 Å². The number of hydrogen-bond donors (Lipinski definition) is 1. The Bertz CT molecular complexity index is 1640. The van der Waals surface area contributed by atoms with Gasteiger partial charge in [-0.2, -0.15) is 4.31 Å². The number of ether oxygens (including phenoxy) is 2. The van der Waals surface area contributed by atoms with Gasteiger partial charge in [-0.1, -0.05) is 11.3 Å². The molecular formula is C28H34N6O6S2. The number of carbonyl (C=O) groups excluding carboxylic acids is 2. The van der Waals surface area contributed by atoms with E-state index in [1.54, 1.807) is 47.2 Å². The monoisotopic (exact) mass is 614 g/mol. The highest BCUT2D eigenvalue weighted by Crippen LogP contribution is 2.48. The summed E-state index contributed by atoms with van der Waals surface area (Å²) in [6.07, 6.45) is 2.66. The summed E-state index contributed by atoms with van der Waals surface area (Å²) in [5.41, 5.74) is 1.45. The standard InChI is InChI=1S/C28H34N6O6S2/c1-18(35)32-11-10-28(16-32)17-34(27(36)31-26-29-22-7-9-24(40-3)30-25(22)41-26)23-8-6-20(14-21(23)28)42(37,38)33(12-13-39-2)15-19-4-5-19/h6-9,14,19H,4-5,10-13,15-17H2,1-3H3,(H,29,31,36). The van der Waals surface area contributed by atoms with Gasteiger partial charge in [0.1, 0.15) is 10.3 Å². The number of rotatable bonds is 9. The van der Waals surface area contributed by atoms with Crippen LogP contribution in [0, 0.1) is 5.92 Å². The molecule has 1 saturated heterocycles. The molecule has 1 spiro atoms. The lowest BCUT2D eigenvalue weighted by Gasteiger charge is -2.26. The molecule has 1 saturated carbocycles. The average Bonchev–Trinajstić information content (AvgIpc) is 3.41. The highest BCUT2D eigenvalue weighted by atomic mass is 32.2. The highest BCUT2D eigenvalue weighted by molar-refractivity contribution is 7.89. The van der Waals surface area contributed by atoms with Gasteiger partial charge in [0.05, 0.1) is 18.6 Å². The van der Waals surface area contributed by atoms with E-state index < -0.39 is 15.4 Å². The number of thiazole rings is 1. The minimum Gasteiger partial charge on any atom is -0.481 e. The summed E-state index contributed by atoms with van der Waals surface area (Å²) in [7, 11) is -0.708. The summed E-state index contributed by atoms with van der Waals surface area (Å²) in [5, 5.41) is 3.29. The van der Waals surface area contributed by atoms with Crippen molar-refractivity contribution in [2.75, 3.05) is 63.8 Å². The third-order valence-corrected chi connectivity index (χ3v) is 11.1. The molecule has 42 heavy (non-hydrogen) atoms. The Morgan fingerprint density at radius 3 is 2.67 bits per heavy atom. The second-order valence-corrected chi connectivity index (χ2v) is 14.1. The first-order chi connectivity index (χ1) is 20.1. The van der Waals surface area contributed by atoms with Crippen molar-refractivity contribution in [2.45, 2.75) is 36.5 Å². The van der Waals surface area contributed by atoms with E-state index in [0.29, 0.717) is 72.2 Å². The molecule has 2 aliphatic heterocycles. The van der Waals surface area contributed by atoms with Crippen molar-refractivity contribution in [3.63, 3.8) is 0 Å².